The maximum absolute atomic E-state index is 13.0. The average Bonchev–Trinajstić information content (AvgIpc) is 2.42. The Morgan fingerprint density at radius 2 is 2.00 bits per heavy atom. The predicted molar refractivity (Wildman–Crippen MR) is 91.9 cm³/mol. The van der Waals surface area contributed by atoms with Gasteiger partial charge in [-0.05, 0) is 64.5 Å². The second-order valence-corrected chi connectivity index (χ2v) is 5.72. The monoisotopic (exact) mass is 388 g/mol. The number of rotatable bonds is 3. The first-order chi connectivity index (χ1) is 9.99. The zero-order chi connectivity index (χ0) is 15.4. The standard InChI is InChI=1S/C14H11BrClFN2OS/c1-20-13-5-3-9(7-11(13)16)18-14(21)19-12-4-2-8(17)6-10(12)15/h2-7H,1H3,(H2,18,19,21). The van der Waals surface area contributed by atoms with Gasteiger partial charge in [-0.15, -0.1) is 0 Å². The minimum absolute atomic E-state index is 0.326. The van der Waals surface area contributed by atoms with E-state index >= 15 is 0 Å². The Bertz CT molecular complexity index is 684. The molecule has 0 aromatic heterocycles. The van der Waals surface area contributed by atoms with Gasteiger partial charge in [-0.1, -0.05) is 11.6 Å². The lowest BCUT2D eigenvalue weighted by Gasteiger charge is -2.13. The van der Waals surface area contributed by atoms with E-state index in [1.54, 1.807) is 31.4 Å². The number of hydrogen-bond donors (Lipinski definition) is 2. The van der Waals surface area contributed by atoms with Crippen molar-refractivity contribution in [3.8, 4) is 5.75 Å². The lowest BCUT2D eigenvalue weighted by atomic mass is 10.3. The molecule has 0 aliphatic carbocycles. The minimum atomic E-state index is -0.326. The third kappa shape index (κ3) is 4.30. The topological polar surface area (TPSA) is 33.3 Å². The maximum atomic E-state index is 13.0. The van der Waals surface area contributed by atoms with Gasteiger partial charge in [0, 0.05) is 10.2 Å². The van der Waals surface area contributed by atoms with Crippen LogP contribution in [0.2, 0.25) is 5.02 Å². The second kappa shape index (κ2) is 7.06. The smallest absolute Gasteiger partial charge is 0.175 e. The SMILES string of the molecule is COc1ccc(NC(=S)Nc2ccc(F)cc2Br)cc1Cl. The van der Waals surface area contributed by atoms with E-state index in [2.05, 4.69) is 26.6 Å². The van der Waals surface area contributed by atoms with Gasteiger partial charge >= 0.3 is 0 Å². The Balaban J connectivity index is 2.06. The molecular formula is C14H11BrClFN2OS. The quantitative estimate of drug-likeness (QED) is 0.719. The lowest BCUT2D eigenvalue weighted by Crippen LogP contribution is -2.19. The fourth-order valence-corrected chi connectivity index (χ4v) is 2.56. The van der Waals surface area contributed by atoms with Crippen LogP contribution in [0.25, 0.3) is 0 Å². The van der Waals surface area contributed by atoms with Gasteiger partial charge in [0.25, 0.3) is 0 Å². The first-order valence-corrected chi connectivity index (χ1v) is 7.44. The third-order valence-corrected chi connectivity index (χ3v) is 3.74. The van der Waals surface area contributed by atoms with Crippen molar-refractivity contribution in [2.75, 3.05) is 17.7 Å². The normalized spacial score (nSPS) is 10.1. The van der Waals surface area contributed by atoms with E-state index in [1.165, 1.54) is 12.1 Å². The van der Waals surface area contributed by atoms with E-state index in [4.69, 9.17) is 28.6 Å². The van der Waals surface area contributed by atoms with Gasteiger partial charge in [0.2, 0.25) is 0 Å². The van der Waals surface area contributed by atoms with Crippen molar-refractivity contribution in [2.24, 2.45) is 0 Å². The molecule has 2 aromatic carbocycles. The lowest BCUT2D eigenvalue weighted by molar-refractivity contribution is 0.415. The summed E-state index contributed by atoms with van der Waals surface area (Å²) in [4.78, 5) is 0. The number of ether oxygens (including phenoxy) is 1. The van der Waals surface area contributed by atoms with E-state index in [1.807, 2.05) is 0 Å². The van der Waals surface area contributed by atoms with Crippen LogP contribution in [-0.2, 0) is 0 Å². The van der Waals surface area contributed by atoms with Crippen LogP contribution < -0.4 is 15.4 Å². The first-order valence-electron chi connectivity index (χ1n) is 5.86. The Labute approximate surface area is 140 Å². The molecule has 2 N–H and O–H groups in total. The van der Waals surface area contributed by atoms with E-state index in [0.29, 0.717) is 26.0 Å². The number of thiocarbonyl (C=S) groups is 1. The van der Waals surface area contributed by atoms with Crippen molar-refractivity contribution in [2.45, 2.75) is 0 Å². The van der Waals surface area contributed by atoms with Gasteiger partial charge in [0.1, 0.15) is 11.6 Å². The van der Waals surface area contributed by atoms with Crippen LogP contribution in [0.15, 0.2) is 40.9 Å². The van der Waals surface area contributed by atoms with Crippen LogP contribution in [0.5, 0.6) is 5.75 Å². The highest BCUT2D eigenvalue weighted by molar-refractivity contribution is 9.10. The molecule has 0 bridgehead atoms. The number of methoxy groups -OCH3 is 1. The molecule has 21 heavy (non-hydrogen) atoms. The second-order valence-electron chi connectivity index (χ2n) is 4.05. The van der Waals surface area contributed by atoms with Crippen LogP contribution in [-0.4, -0.2) is 12.2 Å². The Hall–Kier alpha value is -1.37. The fourth-order valence-electron chi connectivity index (χ4n) is 1.62. The summed E-state index contributed by atoms with van der Waals surface area (Å²) >= 11 is 14.5. The van der Waals surface area contributed by atoms with Crippen molar-refractivity contribution in [1.29, 1.82) is 0 Å². The summed E-state index contributed by atoms with van der Waals surface area (Å²) in [5, 5.41) is 6.80. The zero-order valence-corrected chi connectivity index (χ0v) is 14.1. The number of anilines is 2. The highest BCUT2D eigenvalue weighted by Crippen LogP contribution is 2.27. The van der Waals surface area contributed by atoms with Gasteiger partial charge in [-0.2, -0.15) is 0 Å². The molecule has 0 atom stereocenters. The number of halogens is 3. The van der Waals surface area contributed by atoms with Crippen LogP contribution in [0.1, 0.15) is 0 Å². The molecule has 3 nitrogen and oxygen atoms in total. The van der Waals surface area contributed by atoms with Gasteiger partial charge in [-0.3, -0.25) is 0 Å². The molecule has 0 heterocycles. The van der Waals surface area contributed by atoms with Crippen molar-refractivity contribution < 1.29 is 9.13 Å². The molecule has 0 radical (unpaired) electrons. The summed E-state index contributed by atoms with van der Waals surface area (Å²) in [5.74, 6) is 0.260. The third-order valence-electron chi connectivity index (χ3n) is 2.59. The number of nitrogens with one attached hydrogen (secondary N) is 2. The summed E-state index contributed by atoms with van der Waals surface area (Å²) in [6.07, 6.45) is 0. The minimum Gasteiger partial charge on any atom is -0.495 e. The van der Waals surface area contributed by atoms with Crippen LogP contribution in [0, 0.1) is 5.82 Å². The molecule has 2 rings (SSSR count). The van der Waals surface area contributed by atoms with E-state index in [0.717, 1.165) is 5.69 Å². The molecule has 0 spiro atoms. The molecule has 0 aliphatic rings. The molecule has 0 unspecified atom stereocenters. The Morgan fingerprint density at radius 1 is 1.24 bits per heavy atom. The molecule has 0 saturated carbocycles. The summed E-state index contributed by atoms with van der Waals surface area (Å²) in [6.45, 7) is 0. The summed E-state index contributed by atoms with van der Waals surface area (Å²) in [5.41, 5.74) is 1.38. The van der Waals surface area contributed by atoms with Gasteiger partial charge in [0.05, 0.1) is 17.8 Å². The van der Waals surface area contributed by atoms with Gasteiger partial charge in [-0.25, -0.2) is 4.39 Å². The van der Waals surface area contributed by atoms with Crippen LogP contribution in [0.4, 0.5) is 15.8 Å². The molecule has 7 heteroatoms. The maximum Gasteiger partial charge on any atom is 0.175 e. The molecule has 110 valence electrons. The van der Waals surface area contributed by atoms with Crippen molar-refractivity contribution in [1.82, 2.24) is 0 Å². The average molecular weight is 390 g/mol. The first kappa shape index (κ1) is 16.0. The zero-order valence-electron chi connectivity index (χ0n) is 10.9. The highest BCUT2D eigenvalue weighted by atomic mass is 79.9. The van der Waals surface area contributed by atoms with Crippen molar-refractivity contribution >= 4 is 56.2 Å². The molecular weight excluding hydrogens is 379 g/mol. The van der Waals surface area contributed by atoms with E-state index < -0.39 is 0 Å². The fraction of sp³-hybridized carbons (Fsp3) is 0.0714. The molecule has 0 fully saturated rings. The van der Waals surface area contributed by atoms with E-state index in [-0.39, 0.29) is 5.82 Å². The molecule has 0 aliphatic heterocycles. The summed E-state index contributed by atoms with van der Waals surface area (Å²) in [6, 6.07) is 9.52. The van der Waals surface area contributed by atoms with Crippen molar-refractivity contribution in [3.05, 3.63) is 51.7 Å². The van der Waals surface area contributed by atoms with Gasteiger partial charge < -0.3 is 15.4 Å². The predicted octanol–water partition coefficient (Wildman–Crippen LogP) is 5.06. The van der Waals surface area contributed by atoms with Gasteiger partial charge in [0.15, 0.2) is 5.11 Å². The van der Waals surface area contributed by atoms with Crippen LogP contribution >= 0.6 is 39.7 Å². The highest BCUT2D eigenvalue weighted by Gasteiger charge is 2.06. The molecule has 0 amide bonds. The Kier molecular flexibility index (Phi) is 5.39. The Morgan fingerprint density at radius 3 is 2.62 bits per heavy atom. The largest absolute Gasteiger partial charge is 0.495 e. The van der Waals surface area contributed by atoms with Crippen molar-refractivity contribution in [3.63, 3.8) is 0 Å². The van der Waals surface area contributed by atoms with E-state index in [9.17, 15) is 4.39 Å². The molecule has 0 saturated heterocycles. The van der Waals surface area contributed by atoms with Crippen LogP contribution in [0.3, 0.4) is 0 Å². The summed E-state index contributed by atoms with van der Waals surface area (Å²) < 4.78 is 18.7. The number of benzene rings is 2. The molecule has 2 aromatic rings. The number of hydrogen-bond acceptors (Lipinski definition) is 2. The summed E-state index contributed by atoms with van der Waals surface area (Å²) in [7, 11) is 1.55.